The van der Waals surface area contributed by atoms with Crippen LogP contribution in [-0.4, -0.2) is 58.5 Å². The molecule has 2 saturated carbocycles. The number of nitrogens with zero attached hydrogens (tertiary/aromatic N) is 1. The van der Waals surface area contributed by atoms with Crippen molar-refractivity contribution in [3.05, 3.63) is 35.9 Å². The molecule has 36 heavy (non-hydrogen) atoms. The molecule has 0 aliphatic heterocycles. The molecular formula is C28H43N3O4S. The van der Waals surface area contributed by atoms with Gasteiger partial charge >= 0.3 is 6.09 Å². The maximum absolute atomic E-state index is 14.2. The van der Waals surface area contributed by atoms with Gasteiger partial charge in [-0.3, -0.25) is 9.59 Å². The maximum atomic E-state index is 14.2. The van der Waals surface area contributed by atoms with Crippen LogP contribution >= 0.6 is 11.8 Å². The molecule has 1 aromatic rings. The predicted molar refractivity (Wildman–Crippen MR) is 145 cm³/mol. The van der Waals surface area contributed by atoms with Gasteiger partial charge < -0.3 is 20.3 Å². The van der Waals surface area contributed by atoms with E-state index in [1.807, 2.05) is 36.6 Å². The first-order valence-corrected chi connectivity index (χ1v) is 14.7. The summed E-state index contributed by atoms with van der Waals surface area (Å²) in [5, 5.41) is 6.08. The fourth-order valence-electron chi connectivity index (χ4n) is 4.91. The Balaban J connectivity index is 1.91. The summed E-state index contributed by atoms with van der Waals surface area (Å²) in [6, 6.07) is 8.18. The van der Waals surface area contributed by atoms with Crippen molar-refractivity contribution in [2.75, 3.05) is 12.0 Å². The standard InChI is InChI=1S/C28H43N3O4S/c1-28(2,3)35-27(34)30-23(18-19-36-4)26(33)31(22-16-11-17-22)24(20-12-7-5-8-13-20)25(32)29-21-14-9-6-10-15-21/h5,7-8,12-13,21-24H,6,9-11,14-19H2,1-4H3,(H,29,32)(H,30,34). The van der Waals surface area contributed by atoms with E-state index >= 15 is 0 Å². The van der Waals surface area contributed by atoms with Crippen LogP contribution in [-0.2, 0) is 14.3 Å². The van der Waals surface area contributed by atoms with E-state index < -0.39 is 23.8 Å². The highest BCUT2D eigenvalue weighted by Crippen LogP contribution is 2.34. The van der Waals surface area contributed by atoms with Gasteiger partial charge in [-0.05, 0) is 76.9 Å². The topological polar surface area (TPSA) is 87.7 Å². The van der Waals surface area contributed by atoms with Gasteiger partial charge in [-0.25, -0.2) is 4.79 Å². The van der Waals surface area contributed by atoms with Crippen LogP contribution in [0.25, 0.3) is 0 Å². The van der Waals surface area contributed by atoms with Crippen LogP contribution in [0.5, 0.6) is 0 Å². The molecule has 200 valence electrons. The molecule has 2 unspecified atom stereocenters. The Bertz CT molecular complexity index is 863. The van der Waals surface area contributed by atoms with Crippen molar-refractivity contribution in [3.8, 4) is 0 Å². The molecule has 3 amide bonds. The van der Waals surface area contributed by atoms with E-state index in [1.54, 1.807) is 37.4 Å². The lowest BCUT2D eigenvalue weighted by Crippen LogP contribution is -2.58. The van der Waals surface area contributed by atoms with Gasteiger partial charge in [0.05, 0.1) is 0 Å². The molecule has 2 fully saturated rings. The molecule has 2 N–H and O–H groups in total. The van der Waals surface area contributed by atoms with E-state index in [0.717, 1.165) is 50.5 Å². The van der Waals surface area contributed by atoms with E-state index in [0.29, 0.717) is 12.2 Å². The number of nitrogens with one attached hydrogen (secondary N) is 2. The molecule has 2 aliphatic rings. The van der Waals surface area contributed by atoms with E-state index in [2.05, 4.69) is 10.6 Å². The largest absolute Gasteiger partial charge is 0.444 e. The Labute approximate surface area is 220 Å². The predicted octanol–water partition coefficient (Wildman–Crippen LogP) is 5.20. The minimum Gasteiger partial charge on any atom is -0.444 e. The molecule has 0 radical (unpaired) electrons. The summed E-state index contributed by atoms with van der Waals surface area (Å²) in [5.74, 6) is 0.358. The number of carbonyl (C=O) groups excluding carboxylic acids is 3. The third kappa shape index (κ3) is 8.15. The summed E-state index contributed by atoms with van der Waals surface area (Å²) < 4.78 is 5.47. The number of hydrogen-bond donors (Lipinski definition) is 2. The molecule has 8 heteroatoms. The number of thioether (sulfide) groups is 1. The van der Waals surface area contributed by atoms with Gasteiger partial charge in [0.25, 0.3) is 0 Å². The third-order valence-electron chi connectivity index (χ3n) is 6.92. The SMILES string of the molecule is CSCCC(NC(=O)OC(C)(C)C)C(=O)N(C1CCC1)C(C(=O)NC1CCCCC1)c1ccccc1. The summed E-state index contributed by atoms with van der Waals surface area (Å²) in [7, 11) is 0. The molecule has 3 rings (SSSR count). The first-order chi connectivity index (χ1) is 17.2. The lowest BCUT2D eigenvalue weighted by Gasteiger charge is -2.44. The third-order valence-corrected chi connectivity index (χ3v) is 7.56. The zero-order chi connectivity index (χ0) is 26.1. The van der Waals surface area contributed by atoms with Crippen LogP contribution in [0.2, 0.25) is 0 Å². The highest BCUT2D eigenvalue weighted by atomic mass is 32.2. The van der Waals surface area contributed by atoms with Gasteiger partial charge in [-0.1, -0.05) is 49.6 Å². The van der Waals surface area contributed by atoms with Crippen LogP contribution in [0, 0.1) is 0 Å². The number of rotatable bonds is 10. The van der Waals surface area contributed by atoms with Crippen molar-refractivity contribution < 1.29 is 19.1 Å². The number of hydrogen-bond acceptors (Lipinski definition) is 5. The molecule has 2 atom stereocenters. The first kappa shape index (κ1) is 28.4. The second kappa shape index (κ2) is 13.4. The smallest absolute Gasteiger partial charge is 0.408 e. The van der Waals surface area contributed by atoms with E-state index in [1.165, 1.54) is 6.42 Å². The number of benzene rings is 1. The molecule has 2 aliphatic carbocycles. The van der Waals surface area contributed by atoms with Crippen LogP contribution in [0.3, 0.4) is 0 Å². The number of alkyl carbamates (subject to hydrolysis) is 1. The molecule has 0 spiro atoms. The van der Waals surface area contributed by atoms with Crippen LogP contribution in [0.4, 0.5) is 4.79 Å². The zero-order valence-corrected chi connectivity index (χ0v) is 23.1. The average molecular weight is 518 g/mol. The van der Waals surface area contributed by atoms with Crippen LogP contribution in [0.1, 0.15) is 90.2 Å². The van der Waals surface area contributed by atoms with Gasteiger partial charge in [-0.2, -0.15) is 11.8 Å². The quantitative estimate of drug-likeness (QED) is 0.445. The van der Waals surface area contributed by atoms with Crippen molar-refractivity contribution in [1.29, 1.82) is 0 Å². The Morgan fingerprint density at radius 1 is 1.03 bits per heavy atom. The maximum Gasteiger partial charge on any atom is 0.408 e. The van der Waals surface area contributed by atoms with Crippen molar-refractivity contribution in [2.45, 2.75) is 108 Å². The Kier molecular flexibility index (Phi) is 10.5. The monoisotopic (exact) mass is 517 g/mol. The fraction of sp³-hybridized carbons (Fsp3) is 0.679. The van der Waals surface area contributed by atoms with Gasteiger partial charge in [0.15, 0.2) is 0 Å². The van der Waals surface area contributed by atoms with E-state index in [4.69, 9.17) is 4.74 Å². The second-order valence-electron chi connectivity index (χ2n) is 11.0. The van der Waals surface area contributed by atoms with E-state index in [-0.39, 0.29) is 23.9 Å². The van der Waals surface area contributed by atoms with E-state index in [9.17, 15) is 14.4 Å². The highest BCUT2D eigenvalue weighted by molar-refractivity contribution is 7.98. The van der Waals surface area contributed by atoms with Gasteiger partial charge in [0.1, 0.15) is 17.7 Å². The molecule has 0 aromatic heterocycles. The fourth-order valence-corrected chi connectivity index (χ4v) is 5.38. The molecule has 0 bridgehead atoms. The van der Waals surface area contributed by atoms with Crippen LogP contribution in [0.15, 0.2) is 30.3 Å². The molecule has 0 heterocycles. The summed E-state index contributed by atoms with van der Waals surface area (Å²) in [4.78, 5) is 42.4. The summed E-state index contributed by atoms with van der Waals surface area (Å²) in [6.45, 7) is 5.40. The van der Waals surface area contributed by atoms with Crippen molar-refractivity contribution in [2.24, 2.45) is 0 Å². The van der Waals surface area contributed by atoms with Gasteiger partial charge in [-0.15, -0.1) is 0 Å². The van der Waals surface area contributed by atoms with Crippen molar-refractivity contribution in [1.82, 2.24) is 15.5 Å². The first-order valence-electron chi connectivity index (χ1n) is 13.4. The second-order valence-corrected chi connectivity index (χ2v) is 12.0. The Hall–Kier alpha value is -2.22. The molecule has 0 saturated heterocycles. The molecule has 1 aromatic carbocycles. The number of amides is 3. The zero-order valence-electron chi connectivity index (χ0n) is 22.3. The lowest BCUT2D eigenvalue weighted by molar-refractivity contribution is -0.147. The average Bonchev–Trinajstić information content (AvgIpc) is 2.80. The number of carbonyl (C=O) groups is 3. The lowest BCUT2D eigenvalue weighted by atomic mass is 9.87. The van der Waals surface area contributed by atoms with Crippen LogP contribution < -0.4 is 10.6 Å². The summed E-state index contributed by atoms with van der Waals surface area (Å²) >= 11 is 1.62. The molecular weight excluding hydrogens is 474 g/mol. The van der Waals surface area contributed by atoms with Crippen molar-refractivity contribution in [3.63, 3.8) is 0 Å². The summed E-state index contributed by atoms with van der Waals surface area (Å²) in [6.07, 6.45) is 9.94. The van der Waals surface area contributed by atoms with Gasteiger partial charge in [0, 0.05) is 12.1 Å². The Morgan fingerprint density at radius 2 is 1.69 bits per heavy atom. The number of ether oxygens (including phenoxy) is 1. The van der Waals surface area contributed by atoms with Crippen molar-refractivity contribution >= 4 is 29.7 Å². The minimum absolute atomic E-state index is 0.0305. The normalized spacial score (nSPS) is 18.4. The Morgan fingerprint density at radius 3 is 2.25 bits per heavy atom. The van der Waals surface area contributed by atoms with Gasteiger partial charge in [0.2, 0.25) is 11.8 Å². The summed E-state index contributed by atoms with van der Waals surface area (Å²) in [5.41, 5.74) is 0.129. The molecule has 7 nitrogen and oxygen atoms in total. The highest BCUT2D eigenvalue weighted by Gasteiger charge is 2.42. The minimum atomic E-state index is -0.762.